The van der Waals surface area contributed by atoms with Crippen molar-refractivity contribution in [3.63, 3.8) is 0 Å². The highest BCUT2D eigenvalue weighted by Gasteiger charge is 2.37. The van der Waals surface area contributed by atoms with Crippen molar-refractivity contribution in [3.8, 4) is 28.5 Å². The number of carbonyl (C=O) groups is 1. The van der Waals surface area contributed by atoms with Gasteiger partial charge in [0.25, 0.3) is 11.5 Å². The first-order valence-electron chi connectivity index (χ1n) is 12.3. The molecule has 39 heavy (non-hydrogen) atoms. The van der Waals surface area contributed by atoms with Crippen LogP contribution in [0.25, 0.3) is 22.4 Å². The molecule has 8 heteroatoms. The lowest BCUT2D eigenvalue weighted by molar-refractivity contribution is -0.137. The van der Waals surface area contributed by atoms with Crippen molar-refractivity contribution in [1.82, 2.24) is 9.88 Å². The normalized spacial score (nSPS) is 11.2. The van der Waals surface area contributed by atoms with E-state index >= 15 is 0 Å². The Morgan fingerprint density at radius 2 is 1.72 bits per heavy atom. The second-order valence-corrected chi connectivity index (χ2v) is 9.20. The minimum Gasteiger partial charge on any atom is -0.352 e. The molecule has 3 aromatic carbocycles. The Balaban J connectivity index is 2.16. The highest BCUT2D eigenvalue weighted by atomic mass is 19.4. The molecular formula is C31H26F3N3O2. The minimum atomic E-state index is -4.97. The molecule has 198 valence electrons. The van der Waals surface area contributed by atoms with Gasteiger partial charge in [0, 0.05) is 17.7 Å². The summed E-state index contributed by atoms with van der Waals surface area (Å²) in [7, 11) is 0. The van der Waals surface area contributed by atoms with Crippen LogP contribution < -0.4 is 10.9 Å². The Labute approximate surface area is 224 Å². The topological polar surface area (TPSA) is 74.9 Å². The fourth-order valence-corrected chi connectivity index (χ4v) is 4.67. The van der Waals surface area contributed by atoms with Gasteiger partial charge in [-0.25, -0.2) is 0 Å². The van der Waals surface area contributed by atoms with E-state index < -0.39 is 28.8 Å². The molecule has 5 nitrogen and oxygen atoms in total. The van der Waals surface area contributed by atoms with E-state index in [9.17, 15) is 28.0 Å². The number of benzene rings is 3. The quantitative estimate of drug-likeness (QED) is 0.310. The molecule has 4 rings (SSSR count). The summed E-state index contributed by atoms with van der Waals surface area (Å²) in [6, 6.07) is 21.6. The summed E-state index contributed by atoms with van der Waals surface area (Å²) in [6.07, 6.45) is -4.97. The van der Waals surface area contributed by atoms with Crippen LogP contribution in [-0.2, 0) is 12.7 Å². The second-order valence-electron chi connectivity index (χ2n) is 9.20. The van der Waals surface area contributed by atoms with E-state index in [0.29, 0.717) is 23.2 Å². The van der Waals surface area contributed by atoms with Gasteiger partial charge in [0.05, 0.1) is 17.8 Å². The lowest BCUT2D eigenvalue weighted by Crippen LogP contribution is -2.30. The number of amides is 1. The van der Waals surface area contributed by atoms with Gasteiger partial charge in [0.15, 0.2) is 0 Å². The monoisotopic (exact) mass is 529 g/mol. The van der Waals surface area contributed by atoms with Gasteiger partial charge in [-0.1, -0.05) is 66.2 Å². The van der Waals surface area contributed by atoms with Gasteiger partial charge in [-0.2, -0.15) is 18.4 Å². The van der Waals surface area contributed by atoms with Crippen molar-refractivity contribution in [2.45, 2.75) is 33.5 Å². The molecule has 1 heterocycles. The summed E-state index contributed by atoms with van der Waals surface area (Å²) < 4.78 is 43.8. The molecule has 0 atom stereocenters. The molecule has 0 radical (unpaired) electrons. The van der Waals surface area contributed by atoms with Crippen molar-refractivity contribution in [2.75, 3.05) is 6.54 Å². The molecule has 0 aliphatic heterocycles. The summed E-state index contributed by atoms with van der Waals surface area (Å²) in [5.41, 5.74) is 0.431. The SMILES string of the molecule is CCNC(=O)c1cccc(-c2ccccc2)c1-c1cc(C(F)(F)F)c(C#N)c(=O)n1Cc1ccc(C)cc1C. The maximum Gasteiger partial charge on any atom is 0.417 e. The average molecular weight is 530 g/mol. The van der Waals surface area contributed by atoms with E-state index in [1.807, 2.05) is 26.0 Å². The largest absolute Gasteiger partial charge is 0.417 e. The van der Waals surface area contributed by atoms with Crippen molar-refractivity contribution in [2.24, 2.45) is 0 Å². The maximum atomic E-state index is 14.2. The van der Waals surface area contributed by atoms with Crippen LogP contribution in [0, 0.1) is 25.2 Å². The first-order chi connectivity index (χ1) is 18.6. The van der Waals surface area contributed by atoms with Crippen LogP contribution in [0.2, 0.25) is 0 Å². The number of hydrogen-bond donors (Lipinski definition) is 1. The molecule has 4 aromatic rings. The van der Waals surface area contributed by atoms with Crippen LogP contribution >= 0.6 is 0 Å². The Hall–Kier alpha value is -4.64. The van der Waals surface area contributed by atoms with Crippen LogP contribution in [0.15, 0.2) is 77.6 Å². The second kappa shape index (κ2) is 11.0. The van der Waals surface area contributed by atoms with E-state index in [2.05, 4.69) is 5.32 Å². The molecule has 0 aliphatic rings. The molecule has 0 saturated carbocycles. The van der Waals surface area contributed by atoms with Gasteiger partial charge < -0.3 is 9.88 Å². The zero-order valence-corrected chi connectivity index (χ0v) is 21.7. The third-order valence-corrected chi connectivity index (χ3v) is 6.53. The molecule has 1 aromatic heterocycles. The Morgan fingerprint density at radius 3 is 2.33 bits per heavy atom. The predicted molar refractivity (Wildman–Crippen MR) is 144 cm³/mol. The number of nitrogens with zero attached hydrogens (tertiary/aromatic N) is 2. The average Bonchev–Trinajstić information content (AvgIpc) is 2.90. The number of hydrogen-bond acceptors (Lipinski definition) is 3. The number of halogens is 3. The third kappa shape index (κ3) is 5.48. The number of nitriles is 1. The van der Waals surface area contributed by atoms with E-state index in [0.717, 1.165) is 21.8 Å². The number of rotatable bonds is 6. The highest BCUT2D eigenvalue weighted by Crippen LogP contribution is 2.39. The Morgan fingerprint density at radius 1 is 1.00 bits per heavy atom. The van der Waals surface area contributed by atoms with Gasteiger partial charge in [0.1, 0.15) is 11.6 Å². The number of alkyl halides is 3. The summed E-state index contributed by atoms with van der Waals surface area (Å²) in [6.45, 7) is 5.70. The zero-order chi connectivity index (χ0) is 28.3. The first-order valence-corrected chi connectivity index (χ1v) is 12.3. The maximum absolute atomic E-state index is 14.2. The minimum absolute atomic E-state index is 0.0922. The van der Waals surface area contributed by atoms with Crippen LogP contribution in [0.3, 0.4) is 0 Å². The Bertz CT molecular complexity index is 1650. The molecule has 0 aliphatic carbocycles. The van der Waals surface area contributed by atoms with Crippen LogP contribution in [0.5, 0.6) is 0 Å². The summed E-state index contributed by atoms with van der Waals surface area (Å²) in [5, 5.41) is 12.3. The van der Waals surface area contributed by atoms with Crippen LogP contribution in [-0.4, -0.2) is 17.0 Å². The number of carbonyl (C=O) groups excluding carboxylic acids is 1. The van der Waals surface area contributed by atoms with Crippen LogP contribution in [0.1, 0.15) is 45.1 Å². The number of nitrogens with one attached hydrogen (secondary N) is 1. The van der Waals surface area contributed by atoms with E-state index in [1.165, 1.54) is 12.1 Å². The van der Waals surface area contributed by atoms with Gasteiger partial charge in [0.2, 0.25) is 0 Å². The van der Waals surface area contributed by atoms with Gasteiger partial charge in [-0.15, -0.1) is 0 Å². The summed E-state index contributed by atoms with van der Waals surface area (Å²) >= 11 is 0. The molecule has 0 saturated heterocycles. The highest BCUT2D eigenvalue weighted by molar-refractivity contribution is 6.04. The van der Waals surface area contributed by atoms with Crippen molar-refractivity contribution >= 4 is 5.91 Å². The Kier molecular flexibility index (Phi) is 7.73. The lowest BCUT2D eigenvalue weighted by atomic mass is 9.91. The van der Waals surface area contributed by atoms with Gasteiger partial charge >= 0.3 is 6.18 Å². The fraction of sp³-hybridized carbons (Fsp3) is 0.194. The summed E-state index contributed by atoms with van der Waals surface area (Å²) in [5.74, 6) is -0.492. The number of pyridine rings is 1. The molecule has 0 bridgehead atoms. The van der Waals surface area contributed by atoms with Crippen molar-refractivity contribution < 1.29 is 18.0 Å². The number of aromatic nitrogens is 1. The van der Waals surface area contributed by atoms with Crippen molar-refractivity contribution in [3.05, 3.63) is 117 Å². The van der Waals surface area contributed by atoms with E-state index in [4.69, 9.17) is 0 Å². The molecule has 0 spiro atoms. The molecule has 0 unspecified atom stereocenters. The number of aryl methyl sites for hydroxylation is 2. The fourth-order valence-electron chi connectivity index (χ4n) is 4.67. The van der Waals surface area contributed by atoms with Gasteiger partial charge in [-0.05, 0) is 55.2 Å². The summed E-state index contributed by atoms with van der Waals surface area (Å²) in [4.78, 5) is 26.8. The van der Waals surface area contributed by atoms with Gasteiger partial charge in [-0.3, -0.25) is 9.59 Å². The third-order valence-electron chi connectivity index (χ3n) is 6.53. The first kappa shape index (κ1) is 27.4. The standard InChI is InChI=1S/C31H26F3N3O2/c1-4-36-29(38)24-12-8-11-23(21-9-6-5-7-10-21)28(24)27-16-26(31(32,33)34)25(17-35)30(39)37(27)18-22-14-13-19(2)15-20(22)3/h5-16H,4,18H2,1-3H3,(H,36,38). The smallest absolute Gasteiger partial charge is 0.352 e. The lowest BCUT2D eigenvalue weighted by Gasteiger charge is -2.22. The molecule has 1 amide bonds. The van der Waals surface area contributed by atoms with Crippen molar-refractivity contribution in [1.29, 1.82) is 5.26 Å². The predicted octanol–water partition coefficient (Wildman–Crippen LogP) is 6.49. The molecule has 0 fully saturated rings. The molecular weight excluding hydrogens is 503 g/mol. The van der Waals surface area contributed by atoms with E-state index in [-0.39, 0.29) is 23.4 Å². The zero-order valence-electron chi connectivity index (χ0n) is 21.7. The van der Waals surface area contributed by atoms with E-state index in [1.54, 1.807) is 55.5 Å². The molecule has 1 N–H and O–H groups in total. The van der Waals surface area contributed by atoms with Crippen LogP contribution in [0.4, 0.5) is 13.2 Å².